The molecule has 0 fully saturated rings. The number of amides is 1. The zero-order valence-electron chi connectivity index (χ0n) is 6.79. The van der Waals surface area contributed by atoms with Crippen LogP contribution in [0.15, 0.2) is 29.0 Å². The van der Waals surface area contributed by atoms with Crippen molar-refractivity contribution in [2.24, 2.45) is 4.99 Å². The van der Waals surface area contributed by atoms with Gasteiger partial charge in [-0.05, 0) is 19.9 Å². The molecule has 0 aliphatic heterocycles. The maximum Gasteiger partial charge on any atom is 0.211 e. The first-order valence-electron chi connectivity index (χ1n) is 3.23. The van der Waals surface area contributed by atoms with E-state index in [2.05, 4.69) is 16.9 Å². The maximum atomic E-state index is 9.90. The van der Waals surface area contributed by atoms with Crippen LogP contribution in [0.25, 0.3) is 0 Å². The number of hydrogen-bond acceptors (Lipinski definition) is 2. The average Bonchev–Trinajstić information content (AvgIpc) is 1.87. The molecule has 3 nitrogen and oxygen atoms in total. The van der Waals surface area contributed by atoms with Gasteiger partial charge in [-0.2, -0.15) is 0 Å². The largest absolute Gasteiger partial charge is 0.333 e. The van der Waals surface area contributed by atoms with Crippen LogP contribution in [-0.4, -0.2) is 12.6 Å². The van der Waals surface area contributed by atoms with Crippen LogP contribution in [0.5, 0.6) is 0 Å². The van der Waals surface area contributed by atoms with Gasteiger partial charge in [0, 0.05) is 17.6 Å². The molecule has 0 aromatic heterocycles. The van der Waals surface area contributed by atoms with Gasteiger partial charge in [0.05, 0.1) is 0 Å². The topological polar surface area (TPSA) is 41.5 Å². The molecule has 0 aliphatic rings. The van der Waals surface area contributed by atoms with Crippen molar-refractivity contribution in [2.75, 3.05) is 0 Å². The highest BCUT2D eigenvalue weighted by molar-refractivity contribution is 5.73. The zero-order chi connectivity index (χ0) is 8.69. The summed E-state index contributed by atoms with van der Waals surface area (Å²) in [7, 11) is 0. The number of allylic oxidation sites excluding steroid dienone is 3. The number of carbonyl (C=O) groups excluding carboxylic acids is 1. The predicted molar refractivity (Wildman–Crippen MR) is 46.3 cm³/mol. The Bertz CT molecular complexity index is 204. The summed E-state index contributed by atoms with van der Waals surface area (Å²) in [4.78, 5) is 13.8. The molecule has 0 radical (unpaired) electrons. The van der Waals surface area contributed by atoms with E-state index >= 15 is 0 Å². The molecular formula is C8H12N2O. The highest BCUT2D eigenvalue weighted by Gasteiger charge is 1.79. The summed E-state index contributed by atoms with van der Waals surface area (Å²) in [5.41, 5.74) is 1.49. The van der Waals surface area contributed by atoms with Crippen LogP contribution in [0.3, 0.4) is 0 Å². The van der Waals surface area contributed by atoms with Crippen LogP contribution < -0.4 is 5.32 Å². The summed E-state index contributed by atoms with van der Waals surface area (Å²) in [6, 6.07) is 0. The Balaban J connectivity index is 3.90. The second kappa shape index (κ2) is 5.41. The lowest BCUT2D eigenvalue weighted by atomic mass is 10.4. The van der Waals surface area contributed by atoms with Gasteiger partial charge < -0.3 is 5.32 Å². The van der Waals surface area contributed by atoms with E-state index in [0.29, 0.717) is 6.41 Å². The van der Waals surface area contributed by atoms with Gasteiger partial charge in [0.15, 0.2) is 0 Å². The molecule has 0 saturated heterocycles. The third-order valence-electron chi connectivity index (χ3n) is 0.906. The predicted octanol–water partition coefficient (Wildman–Crippen LogP) is 1.24. The van der Waals surface area contributed by atoms with Gasteiger partial charge in [-0.3, -0.25) is 9.79 Å². The fourth-order valence-corrected chi connectivity index (χ4v) is 0.417. The number of carbonyl (C=O) groups is 1. The molecule has 0 spiro atoms. The summed E-state index contributed by atoms with van der Waals surface area (Å²) in [6.07, 6.45) is 3.91. The molecule has 0 aliphatic carbocycles. The fourth-order valence-electron chi connectivity index (χ4n) is 0.417. The maximum absolute atomic E-state index is 9.90. The molecule has 0 atom stereocenters. The van der Waals surface area contributed by atoms with Crippen molar-refractivity contribution in [3.05, 3.63) is 24.0 Å². The fraction of sp³-hybridized carbons (Fsp3) is 0.250. The SMILES string of the molecule is C=C(C)N=CC=C(C)NC=O. The van der Waals surface area contributed by atoms with E-state index in [4.69, 9.17) is 0 Å². The first-order chi connectivity index (χ1) is 5.16. The normalized spacial score (nSPS) is 11.6. The molecule has 11 heavy (non-hydrogen) atoms. The molecule has 1 N–H and O–H groups in total. The molecule has 0 aromatic carbocycles. The number of aliphatic imine (C=N–C) groups is 1. The Morgan fingerprint density at radius 2 is 2.18 bits per heavy atom. The number of nitrogens with one attached hydrogen (secondary N) is 1. The van der Waals surface area contributed by atoms with Crippen molar-refractivity contribution in [3.8, 4) is 0 Å². The minimum absolute atomic E-state index is 0.625. The van der Waals surface area contributed by atoms with E-state index in [1.54, 1.807) is 26.1 Å². The van der Waals surface area contributed by atoms with Crippen LogP contribution in [0, 0.1) is 0 Å². The highest BCUT2D eigenvalue weighted by atomic mass is 16.1. The smallest absolute Gasteiger partial charge is 0.211 e. The van der Waals surface area contributed by atoms with Gasteiger partial charge in [-0.25, -0.2) is 0 Å². The van der Waals surface area contributed by atoms with Crippen molar-refractivity contribution in [1.82, 2.24) is 5.32 Å². The quantitative estimate of drug-likeness (QED) is 0.478. The second-order valence-electron chi connectivity index (χ2n) is 2.13. The molecule has 3 heteroatoms. The number of hydrogen-bond donors (Lipinski definition) is 1. The van der Waals surface area contributed by atoms with Gasteiger partial charge in [0.25, 0.3) is 0 Å². The molecule has 60 valence electrons. The summed E-state index contributed by atoms with van der Waals surface area (Å²) < 4.78 is 0. The lowest BCUT2D eigenvalue weighted by molar-refractivity contribution is -0.108. The molecule has 0 saturated carbocycles. The van der Waals surface area contributed by atoms with Crippen molar-refractivity contribution < 1.29 is 4.79 Å². The Labute approximate surface area is 66.5 Å². The van der Waals surface area contributed by atoms with E-state index < -0.39 is 0 Å². The third kappa shape index (κ3) is 6.51. The summed E-state index contributed by atoms with van der Waals surface area (Å²) in [6.45, 7) is 7.16. The van der Waals surface area contributed by atoms with E-state index in [0.717, 1.165) is 11.4 Å². The second-order valence-corrected chi connectivity index (χ2v) is 2.13. The molecular weight excluding hydrogens is 140 g/mol. The van der Waals surface area contributed by atoms with E-state index in [9.17, 15) is 4.79 Å². The minimum atomic E-state index is 0.625. The van der Waals surface area contributed by atoms with E-state index in [-0.39, 0.29) is 0 Å². The molecule has 0 heterocycles. The van der Waals surface area contributed by atoms with Gasteiger partial charge in [0.2, 0.25) is 6.41 Å². The number of rotatable bonds is 4. The van der Waals surface area contributed by atoms with Crippen LogP contribution in [0.4, 0.5) is 0 Å². The Hall–Kier alpha value is -1.38. The summed E-state index contributed by atoms with van der Waals surface area (Å²) in [5, 5.41) is 2.48. The monoisotopic (exact) mass is 152 g/mol. The molecule has 0 aromatic rings. The van der Waals surface area contributed by atoms with Gasteiger partial charge in [-0.15, -0.1) is 0 Å². The Morgan fingerprint density at radius 1 is 1.55 bits per heavy atom. The number of nitrogens with zero attached hydrogens (tertiary/aromatic N) is 1. The van der Waals surface area contributed by atoms with Crippen LogP contribution in [-0.2, 0) is 4.79 Å². The van der Waals surface area contributed by atoms with Crippen LogP contribution in [0.1, 0.15) is 13.8 Å². The first kappa shape index (κ1) is 9.62. The summed E-state index contributed by atoms with van der Waals surface area (Å²) >= 11 is 0. The van der Waals surface area contributed by atoms with Gasteiger partial charge in [0.1, 0.15) is 0 Å². The minimum Gasteiger partial charge on any atom is -0.333 e. The average molecular weight is 152 g/mol. The van der Waals surface area contributed by atoms with Crippen molar-refractivity contribution in [3.63, 3.8) is 0 Å². The van der Waals surface area contributed by atoms with Crippen molar-refractivity contribution in [2.45, 2.75) is 13.8 Å². The van der Waals surface area contributed by atoms with E-state index in [1.165, 1.54) is 0 Å². The molecule has 0 bridgehead atoms. The Morgan fingerprint density at radius 3 is 2.64 bits per heavy atom. The Kier molecular flexibility index (Phi) is 4.73. The standard InChI is InChI=1S/C8H12N2O/c1-7(2)9-5-4-8(3)10-6-11/h4-6H,1H2,2-3H3,(H,10,11). The zero-order valence-corrected chi connectivity index (χ0v) is 6.79. The van der Waals surface area contributed by atoms with Gasteiger partial charge in [-0.1, -0.05) is 6.58 Å². The lowest BCUT2D eigenvalue weighted by Gasteiger charge is -1.92. The van der Waals surface area contributed by atoms with Crippen molar-refractivity contribution >= 4 is 12.6 Å². The van der Waals surface area contributed by atoms with Crippen molar-refractivity contribution in [1.29, 1.82) is 0 Å². The molecule has 1 amide bonds. The summed E-state index contributed by atoms with van der Waals surface area (Å²) in [5.74, 6) is 0. The lowest BCUT2D eigenvalue weighted by Crippen LogP contribution is -2.06. The van der Waals surface area contributed by atoms with Crippen LogP contribution in [0.2, 0.25) is 0 Å². The van der Waals surface area contributed by atoms with Crippen LogP contribution >= 0.6 is 0 Å². The molecule has 0 rings (SSSR count). The first-order valence-corrected chi connectivity index (χ1v) is 3.23. The molecule has 0 unspecified atom stereocenters. The third-order valence-corrected chi connectivity index (χ3v) is 0.906. The highest BCUT2D eigenvalue weighted by Crippen LogP contribution is 1.87. The van der Waals surface area contributed by atoms with Gasteiger partial charge >= 0.3 is 0 Å². The van der Waals surface area contributed by atoms with E-state index in [1.807, 2.05) is 0 Å².